The fourth-order valence-electron chi connectivity index (χ4n) is 1.95. The maximum absolute atomic E-state index is 14.0. The van der Waals surface area contributed by atoms with E-state index in [0.29, 0.717) is 24.8 Å². The zero-order chi connectivity index (χ0) is 13.1. The van der Waals surface area contributed by atoms with Crippen LogP contribution in [0.3, 0.4) is 0 Å². The molecule has 0 atom stereocenters. The number of hydrogen-bond acceptors (Lipinski definition) is 3. The standard InChI is InChI=1S/C13H14FNO3/c1-2-18-13(17)12-11(14)10(7-15-12)8-3-5-9(16)6-4-8/h3,7,15H,2,4-6H2,1H3. The number of halogens is 1. The monoisotopic (exact) mass is 251 g/mol. The molecule has 1 N–H and O–H groups in total. The number of aromatic nitrogens is 1. The Morgan fingerprint density at radius 2 is 2.28 bits per heavy atom. The third-order valence-electron chi connectivity index (χ3n) is 2.89. The zero-order valence-electron chi connectivity index (χ0n) is 10.1. The van der Waals surface area contributed by atoms with Crippen LogP contribution in [-0.4, -0.2) is 23.3 Å². The number of H-pyrrole nitrogens is 1. The number of nitrogens with one attached hydrogen (secondary N) is 1. The molecule has 1 aromatic heterocycles. The summed E-state index contributed by atoms with van der Waals surface area (Å²) < 4.78 is 18.8. The average molecular weight is 251 g/mol. The Morgan fingerprint density at radius 3 is 2.89 bits per heavy atom. The lowest BCUT2D eigenvalue weighted by atomic mass is 9.94. The van der Waals surface area contributed by atoms with Gasteiger partial charge in [0.15, 0.2) is 11.5 Å². The van der Waals surface area contributed by atoms with Crippen molar-refractivity contribution in [1.29, 1.82) is 0 Å². The number of hydrogen-bond donors (Lipinski definition) is 1. The summed E-state index contributed by atoms with van der Waals surface area (Å²) in [7, 11) is 0. The van der Waals surface area contributed by atoms with E-state index in [1.807, 2.05) is 0 Å². The second kappa shape index (κ2) is 5.16. The van der Waals surface area contributed by atoms with Gasteiger partial charge >= 0.3 is 5.97 Å². The Balaban J connectivity index is 2.26. The highest BCUT2D eigenvalue weighted by Gasteiger charge is 2.22. The third kappa shape index (κ3) is 2.34. The number of rotatable bonds is 3. The van der Waals surface area contributed by atoms with Gasteiger partial charge in [-0.1, -0.05) is 6.08 Å². The second-order valence-electron chi connectivity index (χ2n) is 4.08. The van der Waals surface area contributed by atoms with Crippen molar-refractivity contribution >= 4 is 17.3 Å². The third-order valence-corrected chi connectivity index (χ3v) is 2.89. The van der Waals surface area contributed by atoms with Crippen molar-refractivity contribution in [2.24, 2.45) is 0 Å². The minimum absolute atomic E-state index is 0.153. The molecule has 1 aliphatic carbocycles. The molecule has 1 heterocycles. The van der Waals surface area contributed by atoms with Crippen LogP contribution in [0.25, 0.3) is 5.57 Å². The molecule has 5 heteroatoms. The predicted octanol–water partition coefficient (Wildman–Crippen LogP) is 2.47. The SMILES string of the molecule is CCOC(=O)c1[nH]cc(C2=CCC(=O)CC2)c1F. The summed E-state index contributed by atoms with van der Waals surface area (Å²) in [6, 6.07) is 0. The van der Waals surface area contributed by atoms with Crippen LogP contribution in [0.2, 0.25) is 0 Å². The van der Waals surface area contributed by atoms with Gasteiger partial charge in [-0.25, -0.2) is 9.18 Å². The second-order valence-corrected chi connectivity index (χ2v) is 4.08. The van der Waals surface area contributed by atoms with Crippen molar-refractivity contribution in [3.05, 3.63) is 29.3 Å². The molecule has 4 nitrogen and oxygen atoms in total. The van der Waals surface area contributed by atoms with Crippen molar-refractivity contribution in [1.82, 2.24) is 4.98 Å². The lowest BCUT2D eigenvalue weighted by Crippen LogP contribution is -2.07. The van der Waals surface area contributed by atoms with Crippen LogP contribution in [0.5, 0.6) is 0 Å². The Bertz CT molecular complexity index is 516. The van der Waals surface area contributed by atoms with Crippen molar-refractivity contribution in [2.75, 3.05) is 6.61 Å². The summed E-state index contributed by atoms with van der Waals surface area (Å²) in [4.78, 5) is 25.1. The van der Waals surface area contributed by atoms with Crippen molar-refractivity contribution in [2.45, 2.75) is 26.2 Å². The van der Waals surface area contributed by atoms with E-state index in [4.69, 9.17) is 4.74 Å². The molecule has 0 saturated heterocycles. The molecule has 0 aromatic carbocycles. The number of carbonyl (C=O) groups is 2. The maximum atomic E-state index is 14.0. The van der Waals surface area contributed by atoms with Crippen LogP contribution >= 0.6 is 0 Å². The smallest absolute Gasteiger partial charge is 0.357 e. The van der Waals surface area contributed by atoms with E-state index >= 15 is 0 Å². The number of ether oxygens (including phenoxy) is 1. The van der Waals surface area contributed by atoms with Gasteiger partial charge in [-0.05, 0) is 18.9 Å². The first kappa shape index (κ1) is 12.5. The summed E-state index contributed by atoms with van der Waals surface area (Å²) >= 11 is 0. The van der Waals surface area contributed by atoms with Crippen molar-refractivity contribution < 1.29 is 18.7 Å². The summed E-state index contributed by atoms with van der Waals surface area (Å²) in [6.07, 6.45) is 4.42. The Morgan fingerprint density at radius 1 is 1.50 bits per heavy atom. The molecule has 0 radical (unpaired) electrons. The lowest BCUT2D eigenvalue weighted by molar-refractivity contribution is -0.118. The Labute approximate surface area is 104 Å². The van der Waals surface area contributed by atoms with Gasteiger partial charge < -0.3 is 9.72 Å². The first-order chi connectivity index (χ1) is 8.63. The zero-order valence-corrected chi connectivity index (χ0v) is 10.1. The van der Waals surface area contributed by atoms with Gasteiger partial charge in [0.2, 0.25) is 0 Å². The van der Waals surface area contributed by atoms with Gasteiger partial charge in [-0.3, -0.25) is 4.79 Å². The average Bonchev–Trinajstić information content (AvgIpc) is 2.73. The summed E-state index contributed by atoms with van der Waals surface area (Å²) in [5.74, 6) is -1.15. The molecular weight excluding hydrogens is 237 g/mol. The highest BCUT2D eigenvalue weighted by molar-refractivity contribution is 5.91. The fourth-order valence-corrected chi connectivity index (χ4v) is 1.95. The molecule has 0 saturated carbocycles. The molecule has 0 amide bonds. The van der Waals surface area contributed by atoms with Crippen molar-refractivity contribution in [3.63, 3.8) is 0 Å². The molecule has 18 heavy (non-hydrogen) atoms. The molecular formula is C13H14FNO3. The number of allylic oxidation sites excluding steroid dienone is 2. The lowest BCUT2D eigenvalue weighted by Gasteiger charge is -2.10. The molecule has 96 valence electrons. The van der Waals surface area contributed by atoms with Crippen molar-refractivity contribution in [3.8, 4) is 0 Å². The highest BCUT2D eigenvalue weighted by Crippen LogP contribution is 2.28. The molecule has 0 bridgehead atoms. The number of ketones is 1. The Kier molecular flexibility index (Phi) is 3.60. The number of aromatic amines is 1. The minimum Gasteiger partial charge on any atom is -0.461 e. The minimum atomic E-state index is -0.700. The van der Waals surface area contributed by atoms with Gasteiger partial charge in [0.25, 0.3) is 0 Å². The topological polar surface area (TPSA) is 59.2 Å². The predicted molar refractivity (Wildman–Crippen MR) is 63.5 cm³/mol. The normalized spacial score (nSPS) is 15.4. The van der Waals surface area contributed by atoms with Gasteiger partial charge in [0, 0.05) is 24.6 Å². The first-order valence-corrected chi connectivity index (χ1v) is 5.88. The Hall–Kier alpha value is -1.91. The van der Waals surface area contributed by atoms with Gasteiger partial charge in [-0.15, -0.1) is 0 Å². The molecule has 0 aliphatic heterocycles. The van der Waals surface area contributed by atoms with E-state index in [1.165, 1.54) is 6.20 Å². The van der Waals surface area contributed by atoms with E-state index in [1.54, 1.807) is 13.0 Å². The van der Waals surface area contributed by atoms with Crippen LogP contribution in [0.4, 0.5) is 4.39 Å². The quantitative estimate of drug-likeness (QED) is 0.839. The molecule has 1 aromatic rings. The summed E-state index contributed by atoms with van der Waals surface area (Å²) in [5.41, 5.74) is 0.953. The van der Waals surface area contributed by atoms with Crippen LogP contribution in [-0.2, 0) is 9.53 Å². The van der Waals surface area contributed by atoms with Crippen LogP contribution in [0, 0.1) is 5.82 Å². The number of carbonyl (C=O) groups excluding carboxylic acids is 2. The maximum Gasteiger partial charge on any atom is 0.357 e. The van der Waals surface area contributed by atoms with Gasteiger partial charge in [0.05, 0.1) is 6.61 Å². The summed E-state index contributed by atoms with van der Waals surface area (Å²) in [5, 5.41) is 0. The van der Waals surface area contributed by atoms with E-state index in [9.17, 15) is 14.0 Å². The molecule has 0 unspecified atom stereocenters. The summed E-state index contributed by atoms with van der Waals surface area (Å²) in [6.45, 7) is 1.86. The van der Waals surface area contributed by atoms with E-state index < -0.39 is 11.8 Å². The van der Waals surface area contributed by atoms with Crippen LogP contribution in [0.1, 0.15) is 42.2 Å². The van der Waals surface area contributed by atoms with Gasteiger partial charge in [0.1, 0.15) is 5.78 Å². The van der Waals surface area contributed by atoms with E-state index in [-0.39, 0.29) is 18.1 Å². The molecule has 0 fully saturated rings. The molecule has 0 spiro atoms. The first-order valence-electron chi connectivity index (χ1n) is 5.88. The number of Topliss-reactive ketones (excluding diaryl/α,β-unsaturated/α-hetero) is 1. The molecule has 2 rings (SSSR count). The number of esters is 1. The van der Waals surface area contributed by atoms with Gasteiger partial charge in [-0.2, -0.15) is 0 Å². The molecule has 1 aliphatic rings. The fraction of sp³-hybridized carbons (Fsp3) is 0.385. The van der Waals surface area contributed by atoms with Crippen LogP contribution < -0.4 is 0 Å². The highest BCUT2D eigenvalue weighted by atomic mass is 19.1. The van der Waals surface area contributed by atoms with E-state index in [0.717, 1.165) is 5.57 Å². The van der Waals surface area contributed by atoms with Crippen LogP contribution in [0.15, 0.2) is 12.3 Å². The largest absolute Gasteiger partial charge is 0.461 e. The van der Waals surface area contributed by atoms with E-state index in [2.05, 4.69) is 4.98 Å².